The third kappa shape index (κ3) is 6.02. The molecule has 2 rings (SSSR count). The van der Waals surface area contributed by atoms with Gasteiger partial charge in [-0.25, -0.2) is 4.79 Å². The Labute approximate surface area is 175 Å². The highest BCUT2D eigenvalue weighted by atomic mass is 35.5. The Hall–Kier alpha value is -2.93. The Kier molecular flexibility index (Phi) is 8.15. The Bertz CT molecular complexity index is 872. The summed E-state index contributed by atoms with van der Waals surface area (Å²) in [6, 6.07) is 9.98. The third-order valence-electron chi connectivity index (χ3n) is 4.20. The van der Waals surface area contributed by atoms with E-state index in [4.69, 9.17) is 31.5 Å². The van der Waals surface area contributed by atoms with Gasteiger partial charge in [0.15, 0.2) is 18.1 Å². The number of anilines is 1. The minimum atomic E-state index is -0.697. The fourth-order valence-electron chi connectivity index (χ4n) is 2.68. The molecule has 0 radical (unpaired) electrons. The molecular formula is C21H25ClN2O5. The lowest BCUT2D eigenvalue weighted by Crippen LogP contribution is -2.34. The number of hydrogen-bond acceptors (Lipinski definition) is 6. The number of esters is 1. The van der Waals surface area contributed by atoms with Gasteiger partial charge in [-0.2, -0.15) is 0 Å². The van der Waals surface area contributed by atoms with Gasteiger partial charge >= 0.3 is 5.97 Å². The summed E-state index contributed by atoms with van der Waals surface area (Å²) in [7, 11) is 1.56. The molecule has 0 atom stereocenters. The van der Waals surface area contributed by atoms with E-state index < -0.39 is 12.6 Å². The summed E-state index contributed by atoms with van der Waals surface area (Å²) in [6.07, 6.45) is 0. The molecule has 0 bridgehead atoms. The summed E-state index contributed by atoms with van der Waals surface area (Å²) >= 11 is 5.88. The first-order valence-electron chi connectivity index (χ1n) is 9.19. The van der Waals surface area contributed by atoms with Crippen LogP contribution in [-0.2, 0) is 16.1 Å². The number of nitrogen functional groups attached to an aromatic ring is 1. The quantitative estimate of drug-likeness (QED) is 0.493. The number of nitrogens with zero attached hydrogens (tertiary/aromatic N) is 1. The van der Waals surface area contributed by atoms with E-state index in [1.165, 1.54) is 12.1 Å². The predicted molar refractivity (Wildman–Crippen MR) is 111 cm³/mol. The Morgan fingerprint density at radius 2 is 1.86 bits per heavy atom. The number of nitrogens with two attached hydrogens (primary N) is 1. The molecule has 7 nitrogen and oxygen atoms in total. The molecule has 0 aliphatic heterocycles. The van der Waals surface area contributed by atoms with Crippen molar-refractivity contribution in [3.63, 3.8) is 0 Å². The van der Waals surface area contributed by atoms with Crippen LogP contribution in [0, 0.1) is 0 Å². The zero-order chi connectivity index (χ0) is 21.4. The van der Waals surface area contributed by atoms with Crippen LogP contribution in [0.15, 0.2) is 36.4 Å². The molecule has 0 spiro atoms. The highest BCUT2D eigenvalue weighted by molar-refractivity contribution is 6.31. The molecule has 2 aromatic rings. The third-order valence-corrected chi connectivity index (χ3v) is 4.43. The van der Waals surface area contributed by atoms with Crippen LogP contribution in [0.5, 0.6) is 11.5 Å². The van der Waals surface area contributed by atoms with Crippen LogP contribution in [0.2, 0.25) is 5.02 Å². The van der Waals surface area contributed by atoms with Crippen LogP contribution in [-0.4, -0.2) is 43.6 Å². The van der Waals surface area contributed by atoms with Crippen molar-refractivity contribution in [2.24, 2.45) is 0 Å². The van der Waals surface area contributed by atoms with E-state index >= 15 is 0 Å². The fraction of sp³-hybridized carbons (Fsp3) is 0.333. The van der Waals surface area contributed by atoms with Gasteiger partial charge < -0.3 is 24.8 Å². The molecule has 0 saturated carbocycles. The van der Waals surface area contributed by atoms with Crippen molar-refractivity contribution in [2.75, 3.05) is 32.6 Å². The van der Waals surface area contributed by atoms with Gasteiger partial charge in [-0.1, -0.05) is 17.7 Å². The van der Waals surface area contributed by atoms with Gasteiger partial charge in [0.25, 0.3) is 5.91 Å². The number of likely N-dealkylation sites (N-methyl/N-ethyl adjacent to an activating group) is 1. The number of rotatable bonds is 9. The average Bonchev–Trinajstić information content (AvgIpc) is 2.72. The summed E-state index contributed by atoms with van der Waals surface area (Å²) in [4.78, 5) is 26.3. The first-order chi connectivity index (χ1) is 13.9. The number of ether oxygens (including phenoxy) is 3. The second-order valence-electron chi connectivity index (χ2n) is 6.13. The van der Waals surface area contributed by atoms with Crippen LogP contribution in [0.3, 0.4) is 0 Å². The monoisotopic (exact) mass is 420 g/mol. The molecule has 0 aromatic heterocycles. The van der Waals surface area contributed by atoms with Crippen molar-refractivity contribution in [1.82, 2.24) is 4.90 Å². The van der Waals surface area contributed by atoms with E-state index in [-0.39, 0.29) is 17.2 Å². The van der Waals surface area contributed by atoms with Crippen molar-refractivity contribution in [3.8, 4) is 11.5 Å². The standard InChI is InChI=1S/C21H25ClN2O5/c1-4-24(12-14-6-9-18(28-5-2)19(10-14)27-3)20(25)13-29-21(26)16-11-15(22)7-8-17(16)23/h6-11H,4-5,12-13,23H2,1-3H3. The van der Waals surface area contributed by atoms with E-state index in [0.29, 0.717) is 36.2 Å². The number of amides is 1. The molecule has 0 heterocycles. The average molecular weight is 421 g/mol. The Morgan fingerprint density at radius 3 is 2.52 bits per heavy atom. The Balaban J connectivity index is 2.01. The smallest absolute Gasteiger partial charge is 0.340 e. The maximum Gasteiger partial charge on any atom is 0.340 e. The first-order valence-corrected chi connectivity index (χ1v) is 9.57. The van der Waals surface area contributed by atoms with Gasteiger partial charge in [-0.05, 0) is 49.7 Å². The van der Waals surface area contributed by atoms with Gasteiger partial charge in [0.2, 0.25) is 0 Å². The molecule has 0 aliphatic rings. The molecule has 0 saturated heterocycles. The van der Waals surface area contributed by atoms with E-state index in [0.717, 1.165) is 5.56 Å². The lowest BCUT2D eigenvalue weighted by atomic mass is 10.2. The summed E-state index contributed by atoms with van der Waals surface area (Å²) in [6.45, 7) is 4.66. The van der Waals surface area contributed by atoms with Crippen LogP contribution in [0.1, 0.15) is 29.8 Å². The van der Waals surface area contributed by atoms with Crippen molar-refractivity contribution in [2.45, 2.75) is 20.4 Å². The zero-order valence-corrected chi connectivity index (χ0v) is 17.5. The van der Waals surface area contributed by atoms with Gasteiger partial charge in [0.05, 0.1) is 19.3 Å². The molecule has 156 valence electrons. The van der Waals surface area contributed by atoms with Crippen molar-refractivity contribution in [3.05, 3.63) is 52.5 Å². The van der Waals surface area contributed by atoms with Crippen molar-refractivity contribution < 1.29 is 23.8 Å². The predicted octanol–water partition coefficient (Wildman–Crippen LogP) is 3.54. The first kappa shape index (κ1) is 22.4. The second kappa shape index (κ2) is 10.6. The zero-order valence-electron chi connectivity index (χ0n) is 16.7. The van der Waals surface area contributed by atoms with Gasteiger partial charge in [0, 0.05) is 23.8 Å². The number of carbonyl (C=O) groups is 2. The van der Waals surface area contributed by atoms with Gasteiger partial charge in [-0.3, -0.25) is 4.79 Å². The SMILES string of the molecule is CCOc1ccc(CN(CC)C(=O)COC(=O)c2cc(Cl)ccc2N)cc1OC. The fourth-order valence-corrected chi connectivity index (χ4v) is 2.86. The number of halogens is 1. The summed E-state index contributed by atoms with van der Waals surface area (Å²) in [5.41, 5.74) is 7.00. The van der Waals surface area contributed by atoms with Crippen LogP contribution >= 0.6 is 11.6 Å². The van der Waals surface area contributed by atoms with Crippen molar-refractivity contribution in [1.29, 1.82) is 0 Å². The van der Waals surface area contributed by atoms with E-state index in [2.05, 4.69) is 0 Å². The topological polar surface area (TPSA) is 91.1 Å². The number of benzene rings is 2. The number of hydrogen-bond donors (Lipinski definition) is 1. The van der Waals surface area contributed by atoms with Crippen molar-refractivity contribution >= 4 is 29.2 Å². The maximum absolute atomic E-state index is 12.5. The largest absolute Gasteiger partial charge is 0.493 e. The molecule has 2 aromatic carbocycles. The lowest BCUT2D eigenvalue weighted by molar-refractivity contribution is -0.134. The van der Waals surface area contributed by atoms with Crippen LogP contribution < -0.4 is 15.2 Å². The molecule has 0 fully saturated rings. The Morgan fingerprint density at radius 1 is 1.10 bits per heavy atom. The highest BCUT2D eigenvalue weighted by Crippen LogP contribution is 2.28. The molecule has 29 heavy (non-hydrogen) atoms. The maximum atomic E-state index is 12.5. The van der Waals surface area contributed by atoms with E-state index in [1.54, 1.807) is 24.1 Å². The van der Waals surface area contributed by atoms with Gasteiger partial charge in [-0.15, -0.1) is 0 Å². The molecule has 8 heteroatoms. The summed E-state index contributed by atoms with van der Waals surface area (Å²) < 4.78 is 16.0. The summed E-state index contributed by atoms with van der Waals surface area (Å²) in [5, 5.41) is 0.358. The highest BCUT2D eigenvalue weighted by Gasteiger charge is 2.18. The van der Waals surface area contributed by atoms with Crippen LogP contribution in [0.4, 0.5) is 5.69 Å². The minimum Gasteiger partial charge on any atom is -0.493 e. The normalized spacial score (nSPS) is 10.3. The molecule has 1 amide bonds. The number of methoxy groups -OCH3 is 1. The lowest BCUT2D eigenvalue weighted by Gasteiger charge is -2.21. The molecule has 0 aliphatic carbocycles. The second-order valence-corrected chi connectivity index (χ2v) is 6.57. The molecule has 2 N–H and O–H groups in total. The number of carbonyl (C=O) groups excluding carboxylic acids is 2. The molecule has 0 unspecified atom stereocenters. The molecular weight excluding hydrogens is 396 g/mol. The minimum absolute atomic E-state index is 0.129. The van der Waals surface area contributed by atoms with E-state index in [1.807, 2.05) is 26.0 Å². The van der Waals surface area contributed by atoms with Gasteiger partial charge in [0.1, 0.15) is 0 Å². The van der Waals surface area contributed by atoms with E-state index in [9.17, 15) is 9.59 Å². The van der Waals surface area contributed by atoms with Crippen LogP contribution in [0.25, 0.3) is 0 Å². The summed E-state index contributed by atoms with van der Waals surface area (Å²) in [5.74, 6) is 0.211.